The Labute approximate surface area is 131 Å². The number of fused-ring (bicyclic) bond motifs is 3. The second kappa shape index (κ2) is 4.52. The standard InChI is InChI=1S/C18H14N4O/c23-18-15-10-19-17-14(12-4-2-1-3-5-12)11-20-22(17)16(15)8-9-21(18)13-6-7-13/h1-5,8-11,13H,6-7H2. The van der Waals surface area contributed by atoms with Crippen LogP contribution in [-0.4, -0.2) is 19.2 Å². The number of aromatic nitrogens is 4. The molecule has 1 fully saturated rings. The van der Waals surface area contributed by atoms with Crippen LogP contribution in [0, 0.1) is 0 Å². The van der Waals surface area contributed by atoms with Crippen molar-refractivity contribution < 1.29 is 0 Å². The topological polar surface area (TPSA) is 52.2 Å². The number of hydrogen-bond acceptors (Lipinski definition) is 3. The first kappa shape index (κ1) is 12.6. The van der Waals surface area contributed by atoms with Gasteiger partial charge in [-0.3, -0.25) is 4.79 Å². The molecule has 1 saturated carbocycles. The van der Waals surface area contributed by atoms with Crippen molar-refractivity contribution in [2.75, 3.05) is 0 Å². The fraction of sp³-hybridized carbons (Fsp3) is 0.167. The van der Waals surface area contributed by atoms with Gasteiger partial charge in [0.1, 0.15) is 0 Å². The molecule has 0 aliphatic heterocycles. The molecule has 1 aliphatic carbocycles. The highest BCUT2D eigenvalue weighted by atomic mass is 16.1. The molecule has 0 amide bonds. The Kier molecular flexibility index (Phi) is 2.47. The summed E-state index contributed by atoms with van der Waals surface area (Å²) in [6.07, 6.45) is 7.54. The number of rotatable bonds is 2. The number of pyridine rings is 1. The summed E-state index contributed by atoms with van der Waals surface area (Å²) >= 11 is 0. The van der Waals surface area contributed by atoms with Crippen molar-refractivity contribution >= 4 is 16.6 Å². The Bertz CT molecular complexity index is 1090. The average molecular weight is 302 g/mol. The van der Waals surface area contributed by atoms with E-state index in [9.17, 15) is 4.79 Å². The monoisotopic (exact) mass is 302 g/mol. The molecule has 112 valence electrons. The maximum atomic E-state index is 12.6. The largest absolute Gasteiger partial charge is 0.312 e. The molecule has 5 rings (SSSR count). The molecule has 3 heterocycles. The van der Waals surface area contributed by atoms with Crippen LogP contribution in [0.4, 0.5) is 0 Å². The fourth-order valence-corrected chi connectivity index (χ4v) is 3.09. The molecule has 0 N–H and O–H groups in total. The van der Waals surface area contributed by atoms with Gasteiger partial charge >= 0.3 is 0 Å². The van der Waals surface area contributed by atoms with Crippen LogP contribution < -0.4 is 5.56 Å². The smallest absolute Gasteiger partial charge is 0.261 e. The summed E-state index contributed by atoms with van der Waals surface area (Å²) in [5, 5.41) is 5.08. The van der Waals surface area contributed by atoms with Crippen molar-refractivity contribution in [3.8, 4) is 11.1 Å². The van der Waals surface area contributed by atoms with E-state index in [-0.39, 0.29) is 5.56 Å². The molecule has 0 atom stereocenters. The molecule has 23 heavy (non-hydrogen) atoms. The van der Waals surface area contributed by atoms with Crippen molar-refractivity contribution in [2.24, 2.45) is 0 Å². The van der Waals surface area contributed by atoms with Gasteiger partial charge in [-0.1, -0.05) is 30.3 Å². The molecule has 1 aliphatic rings. The summed E-state index contributed by atoms with van der Waals surface area (Å²) in [5.41, 5.74) is 3.64. The Balaban J connectivity index is 1.80. The van der Waals surface area contributed by atoms with E-state index in [1.165, 1.54) is 0 Å². The second-order valence-corrected chi connectivity index (χ2v) is 5.98. The number of hydrogen-bond donors (Lipinski definition) is 0. The SMILES string of the molecule is O=c1c2cnc3c(-c4ccccc4)cnn3c2ccn1C1CC1. The summed E-state index contributed by atoms with van der Waals surface area (Å²) in [4.78, 5) is 17.1. The lowest BCUT2D eigenvalue weighted by atomic mass is 10.1. The summed E-state index contributed by atoms with van der Waals surface area (Å²) in [5.74, 6) is 0. The van der Waals surface area contributed by atoms with Gasteiger partial charge in [-0.05, 0) is 24.5 Å². The molecule has 5 heteroatoms. The highest BCUT2D eigenvalue weighted by molar-refractivity contribution is 5.84. The van der Waals surface area contributed by atoms with Gasteiger partial charge in [-0.25, -0.2) is 9.50 Å². The van der Waals surface area contributed by atoms with Crippen LogP contribution in [-0.2, 0) is 0 Å². The number of benzene rings is 1. The minimum Gasteiger partial charge on any atom is -0.312 e. The second-order valence-electron chi connectivity index (χ2n) is 5.98. The zero-order chi connectivity index (χ0) is 15.4. The molecule has 0 spiro atoms. The van der Waals surface area contributed by atoms with Gasteiger partial charge < -0.3 is 4.57 Å². The highest BCUT2D eigenvalue weighted by Gasteiger charge is 2.25. The lowest BCUT2D eigenvalue weighted by Crippen LogP contribution is -2.19. The molecule has 0 bridgehead atoms. The first-order chi connectivity index (χ1) is 11.3. The van der Waals surface area contributed by atoms with Crippen LogP contribution in [0.5, 0.6) is 0 Å². The maximum Gasteiger partial charge on any atom is 0.261 e. The van der Waals surface area contributed by atoms with Crippen LogP contribution in [0.1, 0.15) is 18.9 Å². The van der Waals surface area contributed by atoms with Crippen LogP contribution in [0.3, 0.4) is 0 Å². The van der Waals surface area contributed by atoms with Crippen molar-refractivity contribution in [1.82, 2.24) is 19.2 Å². The Morgan fingerprint density at radius 1 is 1.04 bits per heavy atom. The van der Waals surface area contributed by atoms with E-state index in [4.69, 9.17) is 0 Å². The van der Waals surface area contributed by atoms with E-state index >= 15 is 0 Å². The quantitative estimate of drug-likeness (QED) is 0.572. The van der Waals surface area contributed by atoms with E-state index in [2.05, 4.69) is 10.1 Å². The minimum absolute atomic E-state index is 0.0242. The predicted molar refractivity (Wildman–Crippen MR) is 88.5 cm³/mol. The molecular weight excluding hydrogens is 288 g/mol. The van der Waals surface area contributed by atoms with Crippen LogP contribution >= 0.6 is 0 Å². The van der Waals surface area contributed by atoms with Crippen molar-refractivity contribution in [3.05, 3.63) is 65.3 Å². The fourth-order valence-electron chi connectivity index (χ4n) is 3.09. The molecule has 0 saturated heterocycles. The molecule has 1 aromatic carbocycles. The summed E-state index contributed by atoms with van der Waals surface area (Å²) in [6.45, 7) is 0. The van der Waals surface area contributed by atoms with Gasteiger partial charge in [0, 0.05) is 24.0 Å². The molecule has 0 radical (unpaired) electrons. The zero-order valence-corrected chi connectivity index (χ0v) is 12.4. The summed E-state index contributed by atoms with van der Waals surface area (Å²) in [7, 11) is 0. The normalized spacial score (nSPS) is 14.6. The lowest BCUT2D eigenvalue weighted by molar-refractivity contribution is 0.713. The molecule has 4 aromatic rings. The summed E-state index contributed by atoms with van der Waals surface area (Å²) < 4.78 is 3.58. The third kappa shape index (κ3) is 1.83. The zero-order valence-electron chi connectivity index (χ0n) is 12.4. The van der Waals surface area contributed by atoms with E-state index in [0.29, 0.717) is 11.4 Å². The van der Waals surface area contributed by atoms with Gasteiger partial charge in [-0.2, -0.15) is 5.10 Å². The predicted octanol–water partition coefficient (Wildman–Crippen LogP) is 3.05. The average Bonchev–Trinajstić information content (AvgIpc) is 3.34. The van der Waals surface area contributed by atoms with Crippen LogP contribution in [0.25, 0.3) is 27.7 Å². The maximum absolute atomic E-state index is 12.6. The summed E-state index contributed by atoms with van der Waals surface area (Å²) in [6, 6.07) is 12.4. The first-order valence-corrected chi connectivity index (χ1v) is 7.76. The van der Waals surface area contributed by atoms with Gasteiger partial charge in [0.05, 0.1) is 17.1 Å². The van der Waals surface area contributed by atoms with E-state index in [0.717, 1.165) is 35.1 Å². The first-order valence-electron chi connectivity index (χ1n) is 7.76. The van der Waals surface area contributed by atoms with Gasteiger partial charge in [0.15, 0.2) is 5.65 Å². The lowest BCUT2D eigenvalue weighted by Gasteiger charge is -2.06. The van der Waals surface area contributed by atoms with E-state index < -0.39 is 0 Å². The van der Waals surface area contributed by atoms with Crippen LogP contribution in [0.2, 0.25) is 0 Å². The Hall–Kier alpha value is -2.95. The minimum atomic E-state index is 0.0242. The van der Waals surface area contributed by atoms with Crippen molar-refractivity contribution in [3.63, 3.8) is 0 Å². The molecule has 0 unspecified atom stereocenters. The highest BCUT2D eigenvalue weighted by Crippen LogP contribution is 2.33. The van der Waals surface area contributed by atoms with Gasteiger partial charge in [-0.15, -0.1) is 0 Å². The molecule has 3 aromatic heterocycles. The van der Waals surface area contributed by atoms with Gasteiger partial charge in [0.2, 0.25) is 0 Å². The van der Waals surface area contributed by atoms with Crippen LogP contribution in [0.15, 0.2) is 59.8 Å². The Morgan fingerprint density at radius 3 is 2.65 bits per heavy atom. The number of nitrogens with zero attached hydrogens (tertiary/aromatic N) is 4. The molecular formula is C18H14N4O. The van der Waals surface area contributed by atoms with Gasteiger partial charge in [0.25, 0.3) is 5.56 Å². The Morgan fingerprint density at radius 2 is 1.87 bits per heavy atom. The van der Waals surface area contributed by atoms with E-state index in [1.54, 1.807) is 10.7 Å². The molecule has 5 nitrogen and oxygen atoms in total. The van der Waals surface area contributed by atoms with Crippen molar-refractivity contribution in [1.29, 1.82) is 0 Å². The van der Waals surface area contributed by atoms with Crippen molar-refractivity contribution in [2.45, 2.75) is 18.9 Å². The third-order valence-corrected chi connectivity index (χ3v) is 4.45. The third-order valence-electron chi connectivity index (χ3n) is 4.45. The van der Waals surface area contributed by atoms with E-state index in [1.807, 2.05) is 53.4 Å².